The molecule has 0 aliphatic rings. The summed E-state index contributed by atoms with van der Waals surface area (Å²) in [6, 6.07) is 0.429. The number of ether oxygens (including phenoxy) is 1. The Balaban J connectivity index is 4.55. The maximum Gasteiger partial charge on any atom is 0.191 e. The van der Waals surface area contributed by atoms with Crippen LogP contribution in [-0.2, 0) is 4.74 Å². The summed E-state index contributed by atoms with van der Waals surface area (Å²) >= 11 is 0. The molecule has 0 aromatic heterocycles. The van der Waals surface area contributed by atoms with Crippen molar-refractivity contribution in [2.24, 2.45) is 10.4 Å². The third kappa shape index (κ3) is 6.84. The lowest BCUT2D eigenvalue weighted by Gasteiger charge is -2.28. The number of aliphatic imine (C=N–C) groups is 1. The van der Waals surface area contributed by atoms with E-state index in [2.05, 4.69) is 57.2 Å². The van der Waals surface area contributed by atoms with E-state index in [0.29, 0.717) is 12.6 Å². The average Bonchev–Trinajstić information content (AvgIpc) is 2.27. The predicted octanol–water partition coefficient (Wildman–Crippen LogP) is 2.40. The zero-order valence-electron chi connectivity index (χ0n) is 13.1. The molecule has 0 aromatic rings. The Labute approximate surface area is 113 Å². The van der Waals surface area contributed by atoms with E-state index in [4.69, 9.17) is 4.74 Å². The summed E-state index contributed by atoms with van der Waals surface area (Å²) < 4.78 is 5.51. The number of guanidine groups is 1. The third-order valence-corrected chi connectivity index (χ3v) is 3.01. The van der Waals surface area contributed by atoms with Gasteiger partial charge < -0.3 is 15.4 Å². The first kappa shape index (κ1) is 17.2. The van der Waals surface area contributed by atoms with Crippen LogP contribution in [0.25, 0.3) is 0 Å². The average molecular weight is 257 g/mol. The van der Waals surface area contributed by atoms with Crippen LogP contribution in [0, 0.1) is 5.41 Å². The van der Waals surface area contributed by atoms with Gasteiger partial charge in [0.1, 0.15) is 0 Å². The molecule has 0 radical (unpaired) electrons. The molecule has 0 aromatic carbocycles. The Bertz CT molecular complexity index is 246. The first-order chi connectivity index (χ1) is 8.35. The van der Waals surface area contributed by atoms with Gasteiger partial charge in [-0.1, -0.05) is 27.7 Å². The highest BCUT2D eigenvalue weighted by molar-refractivity contribution is 5.80. The van der Waals surface area contributed by atoms with Gasteiger partial charge in [0.05, 0.1) is 12.6 Å². The lowest BCUT2D eigenvalue weighted by atomic mass is 9.89. The van der Waals surface area contributed by atoms with Crippen molar-refractivity contribution in [3.8, 4) is 0 Å². The van der Waals surface area contributed by atoms with E-state index >= 15 is 0 Å². The van der Waals surface area contributed by atoms with Gasteiger partial charge in [-0.15, -0.1) is 0 Å². The molecule has 0 fully saturated rings. The lowest BCUT2D eigenvalue weighted by Crippen LogP contribution is -2.43. The van der Waals surface area contributed by atoms with Crippen molar-refractivity contribution in [2.45, 2.75) is 60.1 Å². The topological polar surface area (TPSA) is 45.7 Å². The molecule has 18 heavy (non-hydrogen) atoms. The molecular weight excluding hydrogens is 226 g/mol. The molecule has 0 heterocycles. The van der Waals surface area contributed by atoms with E-state index in [1.54, 1.807) is 7.11 Å². The molecular formula is C14H31N3O. The Hall–Kier alpha value is -0.770. The van der Waals surface area contributed by atoms with Crippen molar-refractivity contribution < 1.29 is 4.74 Å². The van der Waals surface area contributed by atoms with Gasteiger partial charge in [0, 0.05) is 19.7 Å². The molecule has 0 amide bonds. The van der Waals surface area contributed by atoms with Gasteiger partial charge in [0.25, 0.3) is 0 Å². The molecule has 0 bridgehead atoms. The van der Waals surface area contributed by atoms with Gasteiger partial charge in [-0.3, -0.25) is 4.99 Å². The predicted molar refractivity (Wildman–Crippen MR) is 79.1 cm³/mol. The van der Waals surface area contributed by atoms with Crippen molar-refractivity contribution in [1.82, 2.24) is 10.6 Å². The van der Waals surface area contributed by atoms with Crippen molar-refractivity contribution in [2.75, 3.05) is 20.2 Å². The molecule has 4 heteroatoms. The van der Waals surface area contributed by atoms with Crippen molar-refractivity contribution in [3.05, 3.63) is 0 Å². The van der Waals surface area contributed by atoms with Crippen LogP contribution < -0.4 is 10.6 Å². The van der Waals surface area contributed by atoms with Crippen LogP contribution in [0.3, 0.4) is 0 Å². The standard InChI is InChI=1S/C14H31N3O/c1-8-11(3)17-13(15-9-2)16-10-12(18-7)14(4,5)6/h11-12H,8-10H2,1-7H3,(H2,15,16,17). The van der Waals surface area contributed by atoms with E-state index < -0.39 is 0 Å². The maximum atomic E-state index is 5.51. The molecule has 0 rings (SSSR count). The normalized spacial score (nSPS) is 16.3. The Morgan fingerprint density at radius 2 is 1.89 bits per heavy atom. The molecule has 2 unspecified atom stereocenters. The number of hydrogen-bond donors (Lipinski definition) is 2. The van der Waals surface area contributed by atoms with Gasteiger partial charge >= 0.3 is 0 Å². The highest BCUT2D eigenvalue weighted by atomic mass is 16.5. The van der Waals surface area contributed by atoms with Crippen molar-refractivity contribution in [3.63, 3.8) is 0 Å². The Morgan fingerprint density at radius 1 is 1.28 bits per heavy atom. The first-order valence-corrected chi connectivity index (χ1v) is 6.92. The molecule has 4 nitrogen and oxygen atoms in total. The second-order valence-corrected chi connectivity index (χ2v) is 5.76. The molecule has 0 aliphatic heterocycles. The quantitative estimate of drug-likeness (QED) is 0.567. The van der Waals surface area contributed by atoms with Crippen LogP contribution in [0.1, 0.15) is 48.0 Å². The highest BCUT2D eigenvalue weighted by Gasteiger charge is 2.24. The fourth-order valence-electron chi connectivity index (χ4n) is 1.53. The molecule has 0 saturated heterocycles. The molecule has 2 N–H and O–H groups in total. The van der Waals surface area contributed by atoms with Crippen LogP contribution >= 0.6 is 0 Å². The zero-order valence-corrected chi connectivity index (χ0v) is 13.1. The third-order valence-electron chi connectivity index (χ3n) is 3.01. The van der Waals surface area contributed by atoms with E-state index in [1.165, 1.54) is 0 Å². The summed E-state index contributed by atoms with van der Waals surface area (Å²) in [5, 5.41) is 6.64. The Morgan fingerprint density at radius 3 is 2.28 bits per heavy atom. The van der Waals surface area contributed by atoms with E-state index in [1.807, 2.05) is 0 Å². The molecule has 2 atom stereocenters. The van der Waals surface area contributed by atoms with Gasteiger partial charge in [0.2, 0.25) is 0 Å². The largest absolute Gasteiger partial charge is 0.379 e. The number of hydrogen-bond acceptors (Lipinski definition) is 2. The highest BCUT2D eigenvalue weighted by Crippen LogP contribution is 2.21. The monoisotopic (exact) mass is 257 g/mol. The minimum absolute atomic E-state index is 0.103. The zero-order chi connectivity index (χ0) is 14.2. The summed E-state index contributed by atoms with van der Waals surface area (Å²) in [5.74, 6) is 0.873. The second kappa shape index (κ2) is 8.35. The summed E-state index contributed by atoms with van der Waals surface area (Å²) in [5.41, 5.74) is 0.103. The van der Waals surface area contributed by atoms with Gasteiger partial charge in [0.15, 0.2) is 5.96 Å². The SMILES string of the molecule is CCNC(=NCC(OC)C(C)(C)C)NC(C)CC. The first-order valence-electron chi connectivity index (χ1n) is 6.92. The molecule has 108 valence electrons. The van der Waals surface area contributed by atoms with Crippen LogP contribution in [0.5, 0.6) is 0 Å². The lowest BCUT2D eigenvalue weighted by molar-refractivity contribution is 0.0241. The molecule has 0 spiro atoms. The fraction of sp³-hybridized carbons (Fsp3) is 0.929. The maximum absolute atomic E-state index is 5.51. The summed E-state index contributed by atoms with van der Waals surface area (Å²) in [6.45, 7) is 14.5. The fourth-order valence-corrected chi connectivity index (χ4v) is 1.53. The van der Waals surface area contributed by atoms with Crippen LogP contribution in [-0.4, -0.2) is 38.3 Å². The second-order valence-electron chi connectivity index (χ2n) is 5.76. The minimum atomic E-state index is 0.103. The minimum Gasteiger partial charge on any atom is -0.379 e. The van der Waals surface area contributed by atoms with E-state index in [-0.39, 0.29) is 11.5 Å². The van der Waals surface area contributed by atoms with E-state index in [9.17, 15) is 0 Å². The number of methoxy groups -OCH3 is 1. The molecule has 0 saturated carbocycles. The number of nitrogens with zero attached hydrogens (tertiary/aromatic N) is 1. The van der Waals surface area contributed by atoms with Crippen LogP contribution in [0.15, 0.2) is 4.99 Å². The van der Waals surface area contributed by atoms with Crippen molar-refractivity contribution in [1.29, 1.82) is 0 Å². The van der Waals surface area contributed by atoms with Crippen molar-refractivity contribution >= 4 is 5.96 Å². The number of nitrogens with one attached hydrogen (secondary N) is 2. The number of rotatable bonds is 6. The van der Waals surface area contributed by atoms with Gasteiger partial charge in [-0.25, -0.2) is 0 Å². The van der Waals surface area contributed by atoms with Gasteiger partial charge in [-0.05, 0) is 25.7 Å². The van der Waals surface area contributed by atoms with E-state index in [0.717, 1.165) is 18.9 Å². The van der Waals surface area contributed by atoms with Gasteiger partial charge in [-0.2, -0.15) is 0 Å². The summed E-state index contributed by atoms with van der Waals surface area (Å²) in [6.07, 6.45) is 1.21. The smallest absolute Gasteiger partial charge is 0.191 e. The van der Waals surface area contributed by atoms with Crippen LogP contribution in [0.4, 0.5) is 0 Å². The van der Waals surface area contributed by atoms with Crippen LogP contribution in [0.2, 0.25) is 0 Å². The Kier molecular flexibility index (Phi) is 8.00. The molecule has 0 aliphatic carbocycles. The summed E-state index contributed by atoms with van der Waals surface area (Å²) in [7, 11) is 1.75. The summed E-state index contributed by atoms with van der Waals surface area (Å²) in [4.78, 5) is 4.61.